The van der Waals surface area contributed by atoms with Crippen molar-refractivity contribution in [1.82, 2.24) is 10.1 Å². The number of hydrogen-bond donors (Lipinski definition) is 1. The van der Waals surface area contributed by atoms with Crippen LogP contribution in [0.4, 0.5) is 5.69 Å². The fourth-order valence-electron chi connectivity index (χ4n) is 3.81. The number of carbonyl (C=O) groups is 1. The number of rotatable bonds is 5. The van der Waals surface area contributed by atoms with E-state index in [4.69, 9.17) is 4.52 Å². The van der Waals surface area contributed by atoms with Gasteiger partial charge in [-0.1, -0.05) is 35.5 Å². The van der Waals surface area contributed by atoms with Gasteiger partial charge >= 0.3 is 0 Å². The van der Waals surface area contributed by atoms with E-state index in [0.717, 1.165) is 49.9 Å². The van der Waals surface area contributed by atoms with E-state index in [2.05, 4.69) is 35.5 Å². The molecule has 146 valence electrons. The van der Waals surface area contributed by atoms with Gasteiger partial charge in [-0.05, 0) is 29.8 Å². The Morgan fingerprint density at radius 2 is 1.89 bits per heavy atom. The van der Waals surface area contributed by atoms with Gasteiger partial charge in [-0.3, -0.25) is 4.79 Å². The number of fused-ring (bicyclic) bond motifs is 1. The number of aromatic nitrogens is 1. The van der Waals surface area contributed by atoms with Crippen LogP contribution in [0.15, 0.2) is 53.1 Å². The summed E-state index contributed by atoms with van der Waals surface area (Å²) in [6.07, 6.45) is 0. The fourth-order valence-corrected chi connectivity index (χ4v) is 3.81. The molecule has 1 fully saturated rings. The normalized spacial score (nSPS) is 15.1. The number of piperazine rings is 1. The average Bonchev–Trinajstić information content (AvgIpc) is 3.12. The van der Waals surface area contributed by atoms with E-state index in [0.29, 0.717) is 6.54 Å². The van der Waals surface area contributed by atoms with Crippen LogP contribution in [0, 0.1) is 6.92 Å². The Hall–Kier alpha value is -2.86. The summed E-state index contributed by atoms with van der Waals surface area (Å²) in [6.45, 7) is 6.63. The zero-order valence-corrected chi connectivity index (χ0v) is 16.5. The van der Waals surface area contributed by atoms with E-state index in [1.807, 2.05) is 42.0 Å². The summed E-state index contributed by atoms with van der Waals surface area (Å²) in [5.41, 5.74) is 2.06. The number of anilines is 1. The molecule has 1 aliphatic rings. The maximum atomic E-state index is 12.8. The van der Waals surface area contributed by atoms with Gasteiger partial charge in [0.2, 0.25) is 5.91 Å². The van der Waals surface area contributed by atoms with Gasteiger partial charge in [0.05, 0.1) is 32.7 Å². The highest BCUT2D eigenvalue weighted by Gasteiger charge is 2.25. The van der Waals surface area contributed by atoms with Crippen molar-refractivity contribution in [2.24, 2.45) is 0 Å². The molecular weight excluding hydrogens is 352 g/mol. The van der Waals surface area contributed by atoms with E-state index in [1.165, 1.54) is 15.7 Å². The van der Waals surface area contributed by atoms with Crippen molar-refractivity contribution in [2.75, 3.05) is 44.7 Å². The third-order valence-corrected chi connectivity index (χ3v) is 5.48. The zero-order chi connectivity index (χ0) is 19.5. The highest BCUT2D eigenvalue weighted by molar-refractivity contribution is 5.87. The molecular formula is C22H27N4O2+. The first-order valence-corrected chi connectivity index (χ1v) is 9.82. The van der Waals surface area contributed by atoms with E-state index in [9.17, 15) is 4.79 Å². The molecule has 2 aromatic carbocycles. The Bertz CT molecular complexity index is 960. The van der Waals surface area contributed by atoms with Crippen LogP contribution in [0.2, 0.25) is 0 Å². The molecule has 28 heavy (non-hydrogen) atoms. The molecule has 6 heteroatoms. The summed E-state index contributed by atoms with van der Waals surface area (Å²) < 4.78 is 5.14. The second-order valence-electron chi connectivity index (χ2n) is 7.62. The minimum atomic E-state index is 0.187. The number of nitrogens with one attached hydrogen (secondary N) is 1. The van der Waals surface area contributed by atoms with Crippen molar-refractivity contribution in [1.29, 1.82) is 0 Å². The number of nitrogens with zero attached hydrogens (tertiary/aromatic N) is 3. The third kappa shape index (κ3) is 4.17. The van der Waals surface area contributed by atoms with Crippen molar-refractivity contribution in [3.63, 3.8) is 0 Å². The average molecular weight is 379 g/mol. The lowest BCUT2D eigenvalue weighted by atomic mass is 10.1. The largest absolute Gasteiger partial charge is 0.365 e. The van der Waals surface area contributed by atoms with Gasteiger partial charge in [0, 0.05) is 18.8 Å². The molecule has 3 aromatic rings. The molecule has 2 heterocycles. The number of carbonyl (C=O) groups excluding carboxylic acids is 1. The molecule has 1 N–H and O–H groups in total. The molecule has 4 rings (SSSR count). The molecule has 1 amide bonds. The lowest BCUT2D eigenvalue weighted by molar-refractivity contribution is -0.918. The first kappa shape index (κ1) is 18.5. The number of quaternary nitrogens is 1. The third-order valence-electron chi connectivity index (χ3n) is 5.48. The molecule has 6 nitrogen and oxygen atoms in total. The van der Waals surface area contributed by atoms with Gasteiger partial charge in [-0.25, -0.2) is 0 Å². The highest BCUT2D eigenvalue weighted by atomic mass is 16.5. The Morgan fingerprint density at radius 3 is 2.61 bits per heavy atom. The monoisotopic (exact) mass is 379 g/mol. The number of likely N-dealkylation sites (N-methyl/N-ethyl adjacent to an activating group) is 1. The first-order chi connectivity index (χ1) is 13.6. The molecule has 1 aromatic heterocycles. The van der Waals surface area contributed by atoms with Crippen molar-refractivity contribution in [2.45, 2.75) is 13.5 Å². The Kier molecular flexibility index (Phi) is 5.30. The van der Waals surface area contributed by atoms with Gasteiger partial charge in [0.25, 0.3) is 0 Å². The summed E-state index contributed by atoms with van der Waals surface area (Å²) >= 11 is 0. The minimum absolute atomic E-state index is 0.187. The quantitative estimate of drug-likeness (QED) is 0.730. The number of aryl methyl sites for hydroxylation is 1. The second kappa shape index (κ2) is 8.02. The van der Waals surface area contributed by atoms with Gasteiger partial charge in [-0.15, -0.1) is 0 Å². The van der Waals surface area contributed by atoms with Crippen LogP contribution < -0.4 is 9.80 Å². The molecule has 0 radical (unpaired) electrons. The van der Waals surface area contributed by atoms with Crippen LogP contribution in [0.3, 0.4) is 0 Å². The maximum Gasteiger partial charge on any atom is 0.242 e. The summed E-state index contributed by atoms with van der Waals surface area (Å²) in [5.74, 6) is 1.03. The van der Waals surface area contributed by atoms with Crippen LogP contribution in [0.1, 0.15) is 11.5 Å². The molecule has 0 spiro atoms. The number of benzene rings is 2. The number of amides is 1. The van der Waals surface area contributed by atoms with Crippen molar-refractivity contribution >= 4 is 22.4 Å². The lowest BCUT2D eigenvalue weighted by Gasteiger charge is -2.33. The van der Waals surface area contributed by atoms with Crippen molar-refractivity contribution in [3.05, 3.63) is 60.0 Å². The predicted molar refractivity (Wildman–Crippen MR) is 109 cm³/mol. The van der Waals surface area contributed by atoms with Crippen molar-refractivity contribution < 1.29 is 14.2 Å². The van der Waals surface area contributed by atoms with Crippen LogP contribution in [0.25, 0.3) is 10.8 Å². The van der Waals surface area contributed by atoms with Crippen LogP contribution >= 0.6 is 0 Å². The lowest BCUT2D eigenvalue weighted by Crippen LogP contribution is -3.13. The molecule has 0 unspecified atom stereocenters. The van der Waals surface area contributed by atoms with Crippen LogP contribution in [-0.2, 0) is 11.3 Å². The molecule has 0 bridgehead atoms. The second-order valence-corrected chi connectivity index (χ2v) is 7.62. The molecule has 1 saturated heterocycles. The SMILES string of the molecule is Cc1cc(C[NH+]2CCN(C(=O)CN(C)c3ccc4ccccc4c3)CC2)no1. The summed E-state index contributed by atoms with van der Waals surface area (Å²) in [6, 6.07) is 16.6. The van der Waals surface area contributed by atoms with E-state index >= 15 is 0 Å². The Morgan fingerprint density at radius 1 is 1.14 bits per heavy atom. The van der Waals surface area contributed by atoms with Gasteiger partial charge < -0.3 is 19.2 Å². The molecule has 0 aliphatic carbocycles. The topological polar surface area (TPSA) is 54.0 Å². The van der Waals surface area contributed by atoms with E-state index in [1.54, 1.807) is 0 Å². The highest BCUT2D eigenvalue weighted by Crippen LogP contribution is 2.21. The molecule has 0 saturated carbocycles. The summed E-state index contributed by atoms with van der Waals surface area (Å²) in [7, 11) is 1.98. The standard InChI is InChI=1S/C22H26N4O2/c1-17-13-20(23-28-17)15-25-9-11-26(12-10-25)22(27)16-24(2)21-8-7-18-5-3-4-6-19(18)14-21/h3-8,13-14H,9-12,15-16H2,1-2H3/p+1. The molecule has 0 atom stereocenters. The van der Waals surface area contributed by atoms with Gasteiger partial charge in [-0.2, -0.15) is 0 Å². The zero-order valence-electron chi connectivity index (χ0n) is 16.5. The number of hydrogen-bond acceptors (Lipinski definition) is 4. The minimum Gasteiger partial charge on any atom is -0.365 e. The van der Waals surface area contributed by atoms with Crippen LogP contribution in [0.5, 0.6) is 0 Å². The predicted octanol–water partition coefficient (Wildman–Crippen LogP) is 1.50. The molecule has 1 aliphatic heterocycles. The summed E-state index contributed by atoms with van der Waals surface area (Å²) in [4.78, 5) is 18.2. The van der Waals surface area contributed by atoms with Crippen molar-refractivity contribution in [3.8, 4) is 0 Å². The Balaban J connectivity index is 1.31. The first-order valence-electron chi connectivity index (χ1n) is 9.82. The van der Waals surface area contributed by atoms with E-state index in [-0.39, 0.29) is 5.91 Å². The smallest absolute Gasteiger partial charge is 0.242 e. The van der Waals surface area contributed by atoms with Crippen LogP contribution in [-0.4, -0.2) is 55.7 Å². The van der Waals surface area contributed by atoms with E-state index < -0.39 is 0 Å². The maximum absolute atomic E-state index is 12.8. The fraction of sp³-hybridized carbons (Fsp3) is 0.364. The Labute approximate surface area is 165 Å². The summed E-state index contributed by atoms with van der Waals surface area (Å²) in [5, 5.41) is 6.48. The van der Waals surface area contributed by atoms with Gasteiger partial charge in [0.1, 0.15) is 18.0 Å². The van der Waals surface area contributed by atoms with Gasteiger partial charge in [0.15, 0.2) is 0 Å².